The molecular formula is C15H19N3O2S. The minimum Gasteiger partial charge on any atom is -0.397 e. The van der Waals surface area contributed by atoms with Crippen LogP contribution in [0.25, 0.3) is 10.1 Å². The van der Waals surface area contributed by atoms with E-state index < -0.39 is 0 Å². The van der Waals surface area contributed by atoms with Gasteiger partial charge in [-0.05, 0) is 32.8 Å². The Labute approximate surface area is 127 Å². The van der Waals surface area contributed by atoms with Gasteiger partial charge in [0.2, 0.25) is 0 Å². The number of amides is 1. The molecule has 3 rings (SSSR count). The number of hydrogen-bond donors (Lipinski definition) is 2. The monoisotopic (exact) mass is 305 g/mol. The first-order chi connectivity index (χ1) is 10.1. The molecule has 112 valence electrons. The summed E-state index contributed by atoms with van der Waals surface area (Å²) in [7, 11) is 0. The zero-order chi connectivity index (χ0) is 15.0. The largest absolute Gasteiger partial charge is 0.397 e. The molecule has 1 aliphatic rings. The minimum atomic E-state index is -0.124. The van der Waals surface area contributed by atoms with E-state index >= 15 is 0 Å². The second kappa shape index (κ2) is 5.61. The fourth-order valence-electron chi connectivity index (χ4n) is 2.74. The number of anilines is 1. The molecule has 2 aromatic heterocycles. The van der Waals surface area contributed by atoms with Crippen molar-refractivity contribution in [3.05, 3.63) is 22.3 Å². The Hall–Kier alpha value is -1.66. The molecule has 21 heavy (non-hydrogen) atoms. The molecule has 0 aromatic carbocycles. The lowest BCUT2D eigenvalue weighted by atomic mass is 10.2. The molecule has 6 heteroatoms. The zero-order valence-electron chi connectivity index (χ0n) is 12.2. The van der Waals surface area contributed by atoms with Gasteiger partial charge in [0.05, 0.1) is 11.8 Å². The summed E-state index contributed by atoms with van der Waals surface area (Å²) < 4.78 is 6.52. The van der Waals surface area contributed by atoms with E-state index in [9.17, 15) is 4.79 Å². The number of hydrogen-bond acceptors (Lipinski definition) is 5. The van der Waals surface area contributed by atoms with E-state index in [0.29, 0.717) is 17.1 Å². The molecule has 3 heterocycles. The fraction of sp³-hybridized carbons (Fsp3) is 0.467. The molecule has 1 unspecified atom stereocenters. The van der Waals surface area contributed by atoms with Crippen LogP contribution in [0.15, 0.2) is 6.07 Å². The van der Waals surface area contributed by atoms with Crippen molar-refractivity contribution in [1.82, 2.24) is 10.3 Å². The average molecular weight is 305 g/mol. The first kappa shape index (κ1) is 14.3. The van der Waals surface area contributed by atoms with Crippen LogP contribution < -0.4 is 11.1 Å². The summed E-state index contributed by atoms with van der Waals surface area (Å²) in [4.78, 5) is 17.3. The van der Waals surface area contributed by atoms with Gasteiger partial charge >= 0.3 is 0 Å². The summed E-state index contributed by atoms with van der Waals surface area (Å²) in [5.74, 6) is -0.124. The molecule has 0 saturated carbocycles. The molecule has 1 atom stereocenters. The molecule has 0 aliphatic carbocycles. The molecule has 0 bridgehead atoms. The minimum absolute atomic E-state index is 0.124. The van der Waals surface area contributed by atoms with E-state index in [4.69, 9.17) is 10.5 Å². The van der Waals surface area contributed by atoms with Gasteiger partial charge in [0, 0.05) is 34.6 Å². The Balaban J connectivity index is 1.84. The van der Waals surface area contributed by atoms with E-state index in [1.165, 1.54) is 11.3 Å². The molecule has 1 aliphatic heterocycles. The average Bonchev–Trinajstić information content (AvgIpc) is 3.04. The van der Waals surface area contributed by atoms with Gasteiger partial charge in [-0.15, -0.1) is 11.3 Å². The van der Waals surface area contributed by atoms with Crippen molar-refractivity contribution in [1.29, 1.82) is 0 Å². The van der Waals surface area contributed by atoms with Gasteiger partial charge in [-0.25, -0.2) is 0 Å². The van der Waals surface area contributed by atoms with E-state index in [0.717, 1.165) is 40.9 Å². The van der Waals surface area contributed by atoms with Crippen LogP contribution in [0.3, 0.4) is 0 Å². The highest BCUT2D eigenvalue weighted by Gasteiger charge is 2.21. The Morgan fingerprint density at radius 1 is 1.57 bits per heavy atom. The van der Waals surface area contributed by atoms with Gasteiger partial charge in [-0.3, -0.25) is 9.78 Å². The second-order valence-electron chi connectivity index (χ2n) is 5.41. The maximum Gasteiger partial charge on any atom is 0.263 e. The Morgan fingerprint density at radius 3 is 3.10 bits per heavy atom. The summed E-state index contributed by atoms with van der Waals surface area (Å²) in [5, 5.41) is 3.82. The van der Waals surface area contributed by atoms with Crippen molar-refractivity contribution in [2.45, 2.75) is 32.8 Å². The van der Waals surface area contributed by atoms with Crippen molar-refractivity contribution in [3.63, 3.8) is 0 Å². The maximum atomic E-state index is 12.3. The van der Waals surface area contributed by atoms with Crippen LogP contribution in [0.5, 0.6) is 0 Å². The van der Waals surface area contributed by atoms with E-state index in [1.54, 1.807) is 0 Å². The number of rotatable bonds is 3. The number of aromatic nitrogens is 1. The summed E-state index contributed by atoms with van der Waals surface area (Å²) in [5.41, 5.74) is 8.49. The van der Waals surface area contributed by atoms with Crippen LogP contribution in [0.4, 0.5) is 5.69 Å². The number of carbonyl (C=O) groups excluding carboxylic acids is 1. The lowest BCUT2D eigenvalue weighted by Crippen LogP contribution is -2.31. The van der Waals surface area contributed by atoms with Crippen LogP contribution >= 0.6 is 11.3 Å². The van der Waals surface area contributed by atoms with Gasteiger partial charge in [0.1, 0.15) is 4.88 Å². The van der Waals surface area contributed by atoms with Crippen LogP contribution in [0.2, 0.25) is 0 Å². The van der Waals surface area contributed by atoms with Gasteiger partial charge < -0.3 is 15.8 Å². The number of nitrogens with one attached hydrogen (secondary N) is 1. The predicted molar refractivity (Wildman–Crippen MR) is 84.8 cm³/mol. The number of fused-ring (bicyclic) bond motifs is 1. The number of nitrogen functional groups attached to an aromatic ring is 1. The van der Waals surface area contributed by atoms with Gasteiger partial charge in [-0.1, -0.05) is 0 Å². The number of aryl methyl sites for hydroxylation is 2. The molecule has 5 nitrogen and oxygen atoms in total. The van der Waals surface area contributed by atoms with Gasteiger partial charge in [0.25, 0.3) is 5.91 Å². The summed E-state index contributed by atoms with van der Waals surface area (Å²) in [6.07, 6.45) is 2.20. The van der Waals surface area contributed by atoms with Crippen molar-refractivity contribution < 1.29 is 9.53 Å². The lowest BCUT2D eigenvalue weighted by Gasteiger charge is -2.10. The number of nitrogens with zero attached hydrogens (tertiary/aromatic N) is 1. The van der Waals surface area contributed by atoms with Crippen molar-refractivity contribution in [2.24, 2.45) is 0 Å². The molecule has 1 fully saturated rings. The van der Waals surface area contributed by atoms with Gasteiger partial charge in [0.15, 0.2) is 0 Å². The highest BCUT2D eigenvalue weighted by atomic mass is 32.1. The number of thiophene rings is 1. The third-order valence-corrected chi connectivity index (χ3v) is 4.89. The summed E-state index contributed by atoms with van der Waals surface area (Å²) in [6, 6.07) is 1.97. The molecular weight excluding hydrogens is 286 g/mol. The molecule has 3 N–H and O–H groups in total. The molecule has 1 saturated heterocycles. The SMILES string of the molecule is Cc1cc2sc(C(=O)NCC3CCCO3)c(N)c2c(C)n1. The van der Waals surface area contributed by atoms with Gasteiger partial charge in [-0.2, -0.15) is 0 Å². The third-order valence-electron chi connectivity index (χ3n) is 3.74. The summed E-state index contributed by atoms with van der Waals surface area (Å²) in [6.45, 7) is 5.20. The van der Waals surface area contributed by atoms with Crippen molar-refractivity contribution in [2.75, 3.05) is 18.9 Å². The number of nitrogens with two attached hydrogens (primary N) is 1. The van der Waals surface area contributed by atoms with Crippen molar-refractivity contribution in [3.8, 4) is 0 Å². The van der Waals surface area contributed by atoms with Crippen LogP contribution in [-0.2, 0) is 4.74 Å². The second-order valence-corrected chi connectivity index (χ2v) is 6.46. The Morgan fingerprint density at radius 2 is 2.38 bits per heavy atom. The van der Waals surface area contributed by atoms with Crippen LogP contribution in [0, 0.1) is 13.8 Å². The zero-order valence-corrected chi connectivity index (χ0v) is 13.0. The highest BCUT2D eigenvalue weighted by molar-refractivity contribution is 7.21. The molecule has 0 radical (unpaired) electrons. The standard InChI is InChI=1S/C15H19N3O2S/c1-8-6-11-12(9(2)18-8)13(16)14(21-11)15(19)17-7-10-4-3-5-20-10/h6,10H,3-5,7,16H2,1-2H3,(H,17,19). The maximum absolute atomic E-state index is 12.3. The van der Waals surface area contributed by atoms with E-state index in [-0.39, 0.29) is 12.0 Å². The predicted octanol–water partition coefficient (Wildman–Crippen LogP) is 2.40. The number of carbonyl (C=O) groups is 1. The highest BCUT2D eigenvalue weighted by Crippen LogP contribution is 2.35. The lowest BCUT2D eigenvalue weighted by molar-refractivity contribution is 0.0862. The Kier molecular flexibility index (Phi) is 3.82. The summed E-state index contributed by atoms with van der Waals surface area (Å²) >= 11 is 1.42. The molecule has 2 aromatic rings. The number of ether oxygens (including phenoxy) is 1. The first-order valence-electron chi connectivity index (χ1n) is 7.12. The smallest absolute Gasteiger partial charge is 0.263 e. The van der Waals surface area contributed by atoms with Crippen LogP contribution in [-0.4, -0.2) is 30.1 Å². The topological polar surface area (TPSA) is 77.2 Å². The normalized spacial score (nSPS) is 18.3. The van der Waals surface area contributed by atoms with E-state index in [1.807, 2.05) is 19.9 Å². The van der Waals surface area contributed by atoms with Crippen LogP contribution in [0.1, 0.15) is 33.9 Å². The quantitative estimate of drug-likeness (QED) is 0.913. The Bertz CT molecular complexity index is 690. The molecule has 1 amide bonds. The van der Waals surface area contributed by atoms with E-state index in [2.05, 4.69) is 10.3 Å². The first-order valence-corrected chi connectivity index (χ1v) is 7.94. The van der Waals surface area contributed by atoms with Crippen molar-refractivity contribution >= 4 is 33.0 Å². The fourth-order valence-corrected chi connectivity index (χ4v) is 3.93. The number of pyridine rings is 1. The third kappa shape index (κ3) is 2.73. The molecule has 0 spiro atoms.